The number of thiophene rings is 1. The Labute approximate surface area is 132 Å². The molecule has 0 aromatic carbocycles. The number of oxazole rings is 1. The number of hydrogen-bond donors (Lipinski definition) is 0. The lowest BCUT2D eigenvalue weighted by atomic mass is 10.0. The Morgan fingerprint density at radius 3 is 2.77 bits per heavy atom. The van der Waals surface area contributed by atoms with Crippen LogP contribution in [-0.4, -0.2) is 41.0 Å². The van der Waals surface area contributed by atoms with Crippen LogP contribution in [0.1, 0.15) is 31.3 Å². The maximum Gasteiger partial charge on any atom is 0.331 e. The van der Waals surface area contributed by atoms with Gasteiger partial charge in [-0.3, -0.25) is 4.79 Å². The zero-order valence-electron chi connectivity index (χ0n) is 13.0. The van der Waals surface area contributed by atoms with Gasteiger partial charge < -0.3 is 14.1 Å². The number of esters is 1. The van der Waals surface area contributed by atoms with Crippen molar-refractivity contribution < 1.29 is 18.7 Å². The lowest BCUT2D eigenvalue weighted by Gasteiger charge is -2.32. The van der Waals surface area contributed by atoms with E-state index in [4.69, 9.17) is 9.15 Å². The zero-order chi connectivity index (χ0) is 16.3. The second kappa shape index (κ2) is 6.31. The molecule has 2 heterocycles. The lowest BCUT2D eigenvalue weighted by Crippen LogP contribution is -2.51. The monoisotopic (exact) mass is 322 g/mol. The fraction of sp³-hybridized carbons (Fsp3) is 0.400. The number of nitrogens with zero attached hydrogens (tertiary/aromatic N) is 2. The molecule has 2 rings (SSSR count). The Kier molecular flexibility index (Phi) is 4.65. The topological polar surface area (TPSA) is 72.6 Å². The van der Waals surface area contributed by atoms with Gasteiger partial charge in [-0.25, -0.2) is 9.78 Å². The molecular weight excluding hydrogens is 304 g/mol. The molecule has 22 heavy (non-hydrogen) atoms. The van der Waals surface area contributed by atoms with Gasteiger partial charge in [-0.05, 0) is 32.2 Å². The Balaban J connectivity index is 2.29. The molecule has 0 N–H and O–H groups in total. The first-order valence-electron chi connectivity index (χ1n) is 6.82. The van der Waals surface area contributed by atoms with Crippen molar-refractivity contribution in [3.63, 3.8) is 0 Å². The average molecular weight is 322 g/mol. The van der Waals surface area contributed by atoms with Crippen LogP contribution in [0.15, 0.2) is 28.3 Å². The van der Waals surface area contributed by atoms with E-state index in [2.05, 4.69) is 4.98 Å². The Morgan fingerprint density at radius 1 is 1.45 bits per heavy atom. The third kappa shape index (κ3) is 2.89. The molecule has 6 nitrogen and oxygen atoms in total. The molecule has 118 valence electrons. The van der Waals surface area contributed by atoms with E-state index < -0.39 is 17.4 Å². The minimum Gasteiger partial charge on any atom is -0.464 e. The molecule has 1 amide bonds. The van der Waals surface area contributed by atoms with E-state index in [9.17, 15) is 9.59 Å². The van der Waals surface area contributed by atoms with E-state index in [1.165, 1.54) is 22.6 Å². The van der Waals surface area contributed by atoms with Crippen molar-refractivity contribution in [2.75, 3.05) is 13.7 Å². The fourth-order valence-corrected chi connectivity index (χ4v) is 2.55. The summed E-state index contributed by atoms with van der Waals surface area (Å²) in [6, 6.07) is 3.71. The van der Waals surface area contributed by atoms with Gasteiger partial charge in [-0.2, -0.15) is 0 Å². The first kappa shape index (κ1) is 16.2. The Bertz CT molecular complexity index is 661. The first-order valence-corrected chi connectivity index (χ1v) is 7.70. The van der Waals surface area contributed by atoms with Crippen LogP contribution in [0.5, 0.6) is 0 Å². The van der Waals surface area contributed by atoms with Crippen LogP contribution in [0.4, 0.5) is 0 Å². The summed E-state index contributed by atoms with van der Waals surface area (Å²) in [4.78, 5) is 30.8. The van der Waals surface area contributed by atoms with Crippen LogP contribution >= 0.6 is 11.3 Å². The Morgan fingerprint density at radius 2 is 2.18 bits per heavy atom. The van der Waals surface area contributed by atoms with Crippen molar-refractivity contribution in [1.29, 1.82) is 0 Å². The summed E-state index contributed by atoms with van der Waals surface area (Å²) in [5.74, 6) is -0.450. The average Bonchev–Trinajstić information content (AvgIpc) is 3.15. The highest BCUT2D eigenvalue weighted by Crippen LogP contribution is 2.29. The second-order valence-electron chi connectivity index (χ2n) is 5.15. The number of rotatable bonds is 5. The predicted molar refractivity (Wildman–Crippen MR) is 82.6 cm³/mol. The number of likely N-dealkylation sites (N-methyl/N-ethyl adjacent to an activating group) is 1. The van der Waals surface area contributed by atoms with Gasteiger partial charge in [0.2, 0.25) is 0 Å². The predicted octanol–water partition coefficient (Wildman–Crippen LogP) is 2.82. The highest BCUT2D eigenvalue weighted by molar-refractivity contribution is 7.13. The number of carbonyl (C=O) groups excluding carboxylic acids is 2. The minimum absolute atomic E-state index is 0.183. The third-order valence-electron chi connectivity index (χ3n) is 3.43. The number of hydrogen-bond acceptors (Lipinski definition) is 6. The first-order chi connectivity index (χ1) is 10.4. The largest absolute Gasteiger partial charge is 0.464 e. The molecule has 2 aromatic heterocycles. The smallest absolute Gasteiger partial charge is 0.331 e. The Hall–Kier alpha value is -2.15. The zero-order valence-corrected chi connectivity index (χ0v) is 13.8. The van der Waals surface area contributed by atoms with Gasteiger partial charge in [0.25, 0.3) is 5.91 Å². The van der Waals surface area contributed by atoms with Gasteiger partial charge in [0.15, 0.2) is 17.8 Å². The van der Waals surface area contributed by atoms with Gasteiger partial charge >= 0.3 is 5.97 Å². The van der Waals surface area contributed by atoms with Crippen LogP contribution in [0, 0.1) is 0 Å². The van der Waals surface area contributed by atoms with E-state index in [-0.39, 0.29) is 12.3 Å². The van der Waals surface area contributed by atoms with Crippen LogP contribution in [0.25, 0.3) is 10.6 Å². The van der Waals surface area contributed by atoms with Gasteiger partial charge in [0.05, 0.1) is 11.5 Å². The highest BCUT2D eigenvalue weighted by Gasteiger charge is 2.38. The van der Waals surface area contributed by atoms with Crippen molar-refractivity contribution in [2.24, 2.45) is 0 Å². The van der Waals surface area contributed by atoms with Gasteiger partial charge in [-0.15, -0.1) is 11.3 Å². The van der Waals surface area contributed by atoms with Gasteiger partial charge in [0.1, 0.15) is 5.54 Å². The van der Waals surface area contributed by atoms with Crippen LogP contribution in [-0.2, 0) is 9.53 Å². The molecule has 0 aliphatic carbocycles. The summed E-state index contributed by atoms with van der Waals surface area (Å²) >= 11 is 1.45. The highest BCUT2D eigenvalue weighted by atomic mass is 32.1. The summed E-state index contributed by atoms with van der Waals surface area (Å²) in [5, 5.41) is 1.89. The number of carbonyl (C=O) groups is 2. The molecule has 2 aromatic rings. The third-order valence-corrected chi connectivity index (χ3v) is 4.30. The summed E-state index contributed by atoms with van der Waals surface area (Å²) in [5.41, 5.74) is -0.916. The van der Waals surface area contributed by atoms with E-state index in [0.717, 1.165) is 4.88 Å². The van der Waals surface area contributed by atoms with Crippen molar-refractivity contribution >= 4 is 23.2 Å². The van der Waals surface area contributed by atoms with Crippen molar-refractivity contribution in [3.8, 4) is 10.6 Å². The molecule has 0 atom stereocenters. The van der Waals surface area contributed by atoms with E-state index >= 15 is 0 Å². The molecule has 0 aliphatic rings. The molecule has 0 spiro atoms. The van der Waals surface area contributed by atoms with Crippen LogP contribution in [0.3, 0.4) is 0 Å². The number of aromatic nitrogens is 1. The summed E-state index contributed by atoms with van der Waals surface area (Å²) in [7, 11) is 1.55. The molecule has 0 fully saturated rings. The normalized spacial score (nSPS) is 11.3. The number of ether oxygens (including phenoxy) is 1. The lowest BCUT2D eigenvalue weighted by molar-refractivity contribution is -0.153. The van der Waals surface area contributed by atoms with Crippen molar-refractivity contribution in [1.82, 2.24) is 9.88 Å². The molecule has 7 heteroatoms. The van der Waals surface area contributed by atoms with Gasteiger partial charge in [-0.1, -0.05) is 6.07 Å². The molecular formula is C15H18N2O4S. The maximum atomic E-state index is 12.7. The molecule has 0 aliphatic heterocycles. The fourth-order valence-electron chi connectivity index (χ4n) is 1.84. The van der Waals surface area contributed by atoms with Crippen molar-refractivity contribution in [2.45, 2.75) is 26.3 Å². The molecule has 0 saturated heterocycles. The second-order valence-corrected chi connectivity index (χ2v) is 6.10. The van der Waals surface area contributed by atoms with Crippen molar-refractivity contribution in [3.05, 3.63) is 29.6 Å². The standard InChI is InChI=1S/C15H18N2O4S/c1-5-20-14(19)15(2,3)17(4)13(18)11-12(21-9-16-11)10-7-6-8-22-10/h6-9H,5H2,1-4H3. The maximum absolute atomic E-state index is 12.7. The van der Waals surface area contributed by atoms with E-state index in [1.807, 2.05) is 17.5 Å². The molecule has 0 bridgehead atoms. The van der Waals surface area contributed by atoms with Crippen LogP contribution in [0.2, 0.25) is 0 Å². The molecule has 0 unspecified atom stereocenters. The van der Waals surface area contributed by atoms with E-state index in [1.54, 1.807) is 27.8 Å². The summed E-state index contributed by atoms with van der Waals surface area (Å²) < 4.78 is 10.4. The number of amides is 1. The SMILES string of the molecule is CCOC(=O)C(C)(C)N(C)C(=O)c1ncoc1-c1cccs1. The van der Waals surface area contributed by atoms with E-state index in [0.29, 0.717) is 5.76 Å². The molecule has 0 saturated carbocycles. The summed E-state index contributed by atoms with van der Waals surface area (Å²) in [6.07, 6.45) is 1.23. The molecule has 0 radical (unpaired) electrons. The quantitative estimate of drug-likeness (QED) is 0.792. The minimum atomic E-state index is -1.10. The van der Waals surface area contributed by atoms with Gasteiger partial charge in [0, 0.05) is 7.05 Å². The summed E-state index contributed by atoms with van der Waals surface area (Å²) in [6.45, 7) is 5.25. The van der Waals surface area contributed by atoms with Crippen LogP contribution < -0.4 is 0 Å².